The molecule has 0 bridgehead atoms. The molecule has 0 saturated carbocycles. The Hall–Kier alpha value is -10.3. The number of hydrogen-bond acceptors (Lipinski definition) is 21. The molecule has 0 spiro atoms. The number of benzene rings is 12. The normalized spacial score (nSPS) is 17.5. The number of para-hydroxylation sites is 9. The molecule has 0 fully saturated rings. The van der Waals surface area contributed by atoms with Crippen LogP contribution < -0.4 is 55.9 Å². The van der Waals surface area contributed by atoms with Gasteiger partial charge in [-0.2, -0.15) is 0 Å². The van der Waals surface area contributed by atoms with Crippen LogP contribution in [0.1, 0.15) is 50.1 Å². The summed E-state index contributed by atoms with van der Waals surface area (Å²) in [6.07, 6.45) is 0. The average Bonchev–Trinajstić information content (AvgIpc) is 0.704. The van der Waals surface area contributed by atoms with Crippen LogP contribution >= 0.6 is 49.9 Å². The third kappa shape index (κ3) is 17.8. The first-order chi connectivity index (χ1) is 52.3. The molecule has 27 heteroatoms. The molecule has 0 saturated heterocycles. The molecule has 4 unspecified atom stereocenters. The van der Waals surface area contributed by atoms with Crippen LogP contribution in [0.3, 0.4) is 0 Å². The summed E-state index contributed by atoms with van der Waals surface area (Å²) in [7, 11) is -19.7. The number of phenols is 3. The van der Waals surface area contributed by atoms with E-state index in [2.05, 4.69) is 0 Å². The first-order valence-corrected chi connectivity index (χ1v) is 41.5. The summed E-state index contributed by atoms with van der Waals surface area (Å²) in [5.41, 5.74) is 5.98. The van der Waals surface area contributed by atoms with Gasteiger partial charge in [-0.3, -0.25) is 0 Å². The second-order valence-corrected chi connectivity index (χ2v) is 35.7. The van der Waals surface area contributed by atoms with E-state index in [4.69, 9.17) is 60.4 Å². The Balaban J connectivity index is 1.31. The molecule has 1 heterocycles. The summed E-state index contributed by atoms with van der Waals surface area (Å²) < 4.78 is 69.5. The molecule has 1 aliphatic rings. The maximum absolute atomic E-state index is 11.3. The molecular formula is C81H78N6O15P6. The van der Waals surface area contributed by atoms with Crippen LogP contribution in [0, 0.1) is 62.3 Å². The van der Waals surface area contributed by atoms with Crippen molar-refractivity contribution in [1.29, 1.82) is 0 Å². The van der Waals surface area contributed by atoms with Gasteiger partial charge in [0, 0.05) is 0 Å². The fourth-order valence-electron chi connectivity index (χ4n) is 10.4. The van der Waals surface area contributed by atoms with Crippen molar-refractivity contribution in [2.75, 3.05) is 0 Å². The van der Waals surface area contributed by atoms with Gasteiger partial charge < -0.3 is 0 Å². The van der Waals surface area contributed by atoms with Crippen LogP contribution in [0.2, 0.25) is 0 Å². The molecule has 0 aliphatic carbocycles. The van der Waals surface area contributed by atoms with Crippen LogP contribution in [0.4, 0.5) is 0 Å². The third-order valence-corrected chi connectivity index (χ3v) is 29.7. The summed E-state index contributed by atoms with van der Waals surface area (Å²) in [4.78, 5) is 39.3. The average molecular weight is 1560 g/mol. The van der Waals surface area contributed by atoms with Gasteiger partial charge >= 0.3 is 638 Å². The fraction of sp³-hybridized carbons (Fsp3) is 0.111. The number of aryl methyl sites for hydroxylation is 9. The molecular weight excluding hydrogens is 1480 g/mol. The Kier molecular flexibility index (Phi) is 24.1. The van der Waals surface area contributed by atoms with Crippen LogP contribution in [-0.4, -0.2) is 38.3 Å². The molecule has 12 aromatic rings. The maximum atomic E-state index is 11.3. The van der Waals surface area contributed by atoms with Gasteiger partial charge in [0.15, 0.2) is 0 Å². The first-order valence-electron chi connectivity index (χ1n) is 34.1. The Morgan fingerprint density at radius 1 is 0.259 bits per heavy atom. The van der Waals surface area contributed by atoms with E-state index in [1.807, 2.05) is 250 Å². The molecule has 4 atom stereocenters. The van der Waals surface area contributed by atoms with Gasteiger partial charge in [-0.25, -0.2) is 0 Å². The van der Waals surface area contributed by atoms with Gasteiger partial charge in [0.2, 0.25) is 0 Å². The van der Waals surface area contributed by atoms with E-state index in [1.165, 1.54) is 86.6 Å². The van der Waals surface area contributed by atoms with Crippen LogP contribution in [0.5, 0.6) is 86.2 Å². The Morgan fingerprint density at radius 2 is 0.481 bits per heavy atom. The topological polar surface area (TPSA) is 200 Å². The molecule has 0 radical (unpaired) electrons. The van der Waals surface area contributed by atoms with Gasteiger partial charge in [-0.1, -0.05) is 0 Å². The Morgan fingerprint density at radius 3 is 0.769 bits per heavy atom. The van der Waals surface area contributed by atoms with Crippen LogP contribution in [0.15, 0.2) is 296 Å². The zero-order chi connectivity index (χ0) is 75.3. The van der Waals surface area contributed by atoms with Gasteiger partial charge in [-0.05, 0) is 0 Å². The predicted octanol–water partition coefficient (Wildman–Crippen LogP) is 24.0. The summed E-state index contributed by atoms with van der Waals surface area (Å²) in [5.74, 6) is 2.29. The minimum absolute atomic E-state index is 0.0305. The van der Waals surface area contributed by atoms with Crippen molar-refractivity contribution < 1.29 is 71.2 Å². The second-order valence-electron chi connectivity index (χ2n) is 24.7. The summed E-state index contributed by atoms with van der Waals surface area (Å²) in [6, 6.07) is 84.9. The summed E-state index contributed by atoms with van der Waals surface area (Å²) >= 11 is 0. The zero-order valence-electron chi connectivity index (χ0n) is 60.3. The summed E-state index contributed by atoms with van der Waals surface area (Å²) in [5, 5.41) is 34.0. The van der Waals surface area contributed by atoms with E-state index >= 15 is 0 Å². The zero-order valence-corrected chi connectivity index (χ0v) is 65.7. The third-order valence-electron chi connectivity index (χ3n) is 16.5. The molecule has 0 amide bonds. The molecule has 1 aliphatic heterocycles. The standard InChI is InChI=1S/C81H78N6O15P6/c1-58-28-10-19-37-73(58)91-83-103-82-108(100-70-52-46-67(88)47-53-70,101-71-54-48-68(89)49-55-71,102-72-56-50-69(90)51-57-72)87(95-77-41-23-14-32-62(77)5)107(99-81-45-27-18-36-66(81)9)86(94-76-40-22-13-31-61(76)4)106(98-80-44-26-17-35-65(80)8)85(93-75-39-21-12-30-60(75)3)105(97-79-43-25-16-34-64(79)7)84(92-74-38-20-11-29-59(74)2)104(83)96-78-42-24-15-33-63(78)6/h10-57,88-90H,1-9H3. The van der Waals surface area contributed by atoms with Crippen molar-refractivity contribution in [3.05, 3.63) is 341 Å². The van der Waals surface area contributed by atoms with E-state index in [-0.39, 0.29) is 60.3 Å². The quantitative estimate of drug-likeness (QED) is 0.0482. The van der Waals surface area contributed by atoms with E-state index < -0.39 is 41.4 Å². The monoisotopic (exact) mass is 1560 g/mol. The summed E-state index contributed by atoms with van der Waals surface area (Å²) in [6.45, 7) is 17.2. The molecule has 13 rings (SSSR count). The van der Waals surface area contributed by atoms with Crippen LogP contribution in [0.25, 0.3) is 0 Å². The van der Waals surface area contributed by atoms with E-state index in [9.17, 15) is 15.3 Å². The SMILES string of the molecule is Cc1ccccc1ON1P=NP(Oc2ccc(O)cc2)(Oc2ccc(O)cc2)(Oc2ccc(O)cc2)N(Oc2ccccc2C)P(Oc2ccccc2C)N(Oc2ccccc2C)P(Oc2ccccc2C)N(Oc2ccccc2C)P(Oc2ccccc2C)N(Oc2ccccc2C)P1Oc1ccccc1C. The van der Waals surface area contributed by atoms with Crippen molar-refractivity contribution in [2.45, 2.75) is 62.3 Å². The second kappa shape index (κ2) is 34.3. The fourth-order valence-corrected chi connectivity index (χ4v) is 25.1. The number of rotatable bonds is 24. The van der Waals surface area contributed by atoms with Gasteiger partial charge in [0.1, 0.15) is 0 Å². The van der Waals surface area contributed by atoms with Crippen molar-refractivity contribution in [3.8, 4) is 86.2 Å². The molecule has 21 nitrogen and oxygen atoms in total. The molecule has 3 N–H and O–H groups in total. The van der Waals surface area contributed by atoms with E-state index in [1.54, 1.807) is 39.5 Å². The number of phenolic OH excluding ortho intramolecular Hbond substituents is 3. The first kappa shape index (κ1) is 75.9. The van der Waals surface area contributed by atoms with Crippen molar-refractivity contribution in [2.24, 2.45) is 4.52 Å². The van der Waals surface area contributed by atoms with Crippen molar-refractivity contribution >= 4 is 49.9 Å². The number of nitrogens with zero attached hydrogens (tertiary/aromatic N) is 6. The van der Waals surface area contributed by atoms with E-state index in [0.717, 1.165) is 0 Å². The predicted molar refractivity (Wildman–Crippen MR) is 426 cm³/mol. The Labute approximate surface area is 634 Å². The van der Waals surface area contributed by atoms with Crippen LogP contribution in [-0.2, 0) is 0 Å². The molecule has 0 aromatic heterocycles. The molecule has 12 aromatic carbocycles. The molecule has 552 valence electrons. The van der Waals surface area contributed by atoms with Crippen molar-refractivity contribution in [3.63, 3.8) is 0 Å². The van der Waals surface area contributed by atoms with Gasteiger partial charge in [0.25, 0.3) is 0 Å². The van der Waals surface area contributed by atoms with E-state index in [0.29, 0.717) is 84.6 Å². The van der Waals surface area contributed by atoms with Gasteiger partial charge in [0.05, 0.1) is 0 Å². The number of aromatic hydroxyl groups is 3. The molecule has 108 heavy (non-hydrogen) atoms. The van der Waals surface area contributed by atoms with Crippen molar-refractivity contribution in [1.82, 2.24) is 23.0 Å². The number of hydrogen-bond donors (Lipinski definition) is 3. The van der Waals surface area contributed by atoms with Gasteiger partial charge in [-0.15, -0.1) is 0 Å². The Bertz CT molecular complexity index is 4980. The minimum atomic E-state index is -6.84.